The normalized spacial score (nSPS) is 10.6. The standard InChI is InChI=1S/C21H20ClFN2O3S/c1-25(10-11-27-18-6-2-15(22)3-7-18)21(26)12-17-14-29-20(24-17)13-28-19-8-4-16(23)5-9-19/h2-9,14H,10-13H2,1H3. The Balaban J connectivity index is 1.41. The van der Waals surface area contributed by atoms with Crippen molar-refractivity contribution in [1.29, 1.82) is 0 Å². The quantitative estimate of drug-likeness (QED) is 0.494. The van der Waals surface area contributed by atoms with E-state index in [-0.39, 0.29) is 24.8 Å². The number of halogens is 2. The SMILES string of the molecule is CN(CCOc1ccc(Cl)cc1)C(=O)Cc1csc(COc2ccc(F)cc2)n1. The van der Waals surface area contributed by atoms with E-state index in [9.17, 15) is 9.18 Å². The van der Waals surface area contributed by atoms with Crippen LogP contribution in [0.25, 0.3) is 0 Å². The van der Waals surface area contributed by atoms with Crippen molar-refractivity contribution in [3.05, 3.63) is 75.5 Å². The fourth-order valence-corrected chi connectivity index (χ4v) is 3.25. The summed E-state index contributed by atoms with van der Waals surface area (Å²) < 4.78 is 24.1. The fraction of sp³-hybridized carbons (Fsp3) is 0.238. The molecule has 0 aliphatic rings. The zero-order chi connectivity index (χ0) is 20.6. The molecule has 2 aromatic carbocycles. The molecule has 0 unspecified atom stereocenters. The van der Waals surface area contributed by atoms with E-state index in [0.717, 1.165) is 5.01 Å². The molecule has 0 saturated carbocycles. The number of hydrogen-bond donors (Lipinski definition) is 0. The van der Waals surface area contributed by atoms with E-state index in [4.69, 9.17) is 21.1 Å². The van der Waals surface area contributed by atoms with Gasteiger partial charge in [-0.05, 0) is 48.5 Å². The van der Waals surface area contributed by atoms with Crippen molar-refractivity contribution in [3.63, 3.8) is 0 Å². The molecule has 8 heteroatoms. The molecule has 29 heavy (non-hydrogen) atoms. The third-order valence-electron chi connectivity index (χ3n) is 4.04. The third kappa shape index (κ3) is 6.73. The molecule has 0 aliphatic heterocycles. The molecule has 5 nitrogen and oxygen atoms in total. The molecule has 0 fully saturated rings. The summed E-state index contributed by atoms with van der Waals surface area (Å²) in [5, 5.41) is 3.25. The van der Waals surface area contributed by atoms with Crippen molar-refractivity contribution in [3.8, 4) is 11.5 Å². The summed E-state index contributed by atoms with van der Waals surface area (Å²) in [5.74, 6) is 0.927. The van der Waals surface area contributed by atoms with Gasteiger partial charge in [0.15, 0.2) is 0 Å². The van der Waals surface area contributed by atoms with Crippen LogP contribution in [0.4, 0.5) is 4.39 Å². The number of rotatable bonds is 9. The highest BCUT2D eigenvalue weighted by Crippen LogP contribution is 2.17. The number of likely N-dealkylation sites (N-methyl/N-ethyl adjacent to an activating group) is 1. The molecule has 1 amide bonds. The predicted molar refractivity (Wildman–Crippen MR) is 111 cm³/mol. The molecule has 0 aliphatic carbocycles. The highest BCUT2D eigenvalue weighted by Gasteiger charge is 2.13. The number of carbonyl (C=O) groups is 1. The molecule has 3 rings (SSSR count). The van der Waals surface area contributed by atoms with Crippen molar-refractivity contribution in [2.45, 2.75) is 13.0 Å². The maximum Gasteiger partial charge on any atom is 0.228 e. The van der Waals surface area contributed by atoms with Gasteiger partial charge in [-0.2, -0.15) is 0 Å². The molecule has 0 N–H and O–H groups in total. The summed E-state index contributed by atoms with van der Waals surface area (Å²) in [7, 11) is 1.73. The number of thiazole rings is 1. The zero-order valence-electron chi connectivity index (χ0n) is 15.8. The minimum atomic E-state index is -0.310. The summed E-state index contributed by atoms with van der Waals surface area (Å²) in [6, 6.07) is 12.9. The number of carbonyl (C=O) groups excluding carboxylic acids is 1. The zero-order valence-corrected chi connectivity index (χ0v) is 17.4. The summed E-state index contributed by atoms with van der Waals surface area (Å²) >= 11 is 7.26. The van der Waals surface area contributed by atoms with Gasteiger partial charge in [-0.3, -0.25) is 4.79 Å². The van der Waals surface area contributed by atoms with Crippen LogP contribution in [0.5, 0.6) is 11.5 Å². The van der Waals surface area contributed by atoms with Crippen molar-refractivity contribution in [2.75, 3.05) is 20.2 Å². The van der Waals surface area contributed by atoms with Crippen LogP contribution in [0.3, 0.4) is 0 Å². The molecule has 0 atom stereocenters. The summed E-state index contributed by atoms with van der Waals surface area (Å²) in [6.45, 7) is 1.12. The van der Waals surface area contributed by atoms with Crippen LogP contribution in [0.15, 0.2) is 53.9 Å². The number of hydrogen-bond acceptors (Lipinski definition) is 5. The van der Waals surface area contributed by atoms with Gasteiger partial charge in [0.25, 0.3) is 0 Å². The van der Waals surface area contributed by atoms with Gasteiger partial charge in [-0.15, -0.1) is 11.3 Å². The van der Waals surface area contributed by atoms with Crippen molar-refractivity contribution < 1.29 is 18.7 Å². The van der Waals surface area contributed by atoms with Crippen molar-refractivity contribution >= 4 is 28.8 Å². The van der Waals surface area contributed by atoms with Crippen molar-refractivity contribution in [1.82, 2.24) is 9.88 Å². The van der Waals surface area contributed by atoms with Gasteiger partial charge in [-0.25, -0.2) is 9.37 Å². The van der Waals surface area contributed by atoms with E-state index in [1.807, 2.05) is 5.38 Å². The molecular formula is C21H20ClFN2O3S. The molecule has 0 spiro atoms. The first-order chi connectivity index (χ1) is 14.0. The lowest BCUT2D eigenvalue weighted by Gasteiger charge is -2.17. The second kappa shape index (κ2) is 10.2. The number of benzene rings is 2. The van der Waals surface area contributed by atoms with Crippen LogP contribution in [-0.2, 0) is 17.8 Å². The molecule has 152 valence electrons. The molecule has 0 saturated heterocycles. The largest absolute Gasteiger partial charge is 0.492 e. The minimum Gasteiger partial charge on any atom is -0.492 e. The maximum absolute atomic E-state index is 12.9. The van der Waals surface area contributed by atoms with Gasteiger partial charge in [0, 0.05) is 17.5 Å². The van der Waals surface area contributed by atoms with Gasteiger partial charge in [0.05, 0.1) is 18.7 Å². The van der Waals surface area contributed by atoms with Gasteiger partial charge in [0.2, 0.25) is 5.91 Å². The van der Waals surface area contributed by atoms with Gasteiger partial charge in [0.1, 0.15) is 35.5 Å². The van der Waals surface area contributed by atoms with Gasteiger partial charge in [-0.1, -0.05) is 11.6 Å². The first-order valence-electron chi connectivity index (χ1n) is 8.93. The summed E-state index contributed by atoms with van der Waals surface area (Å²) in [5.41, 5.74) is 0.697. The number of ether oxygens (including phenoxy) is 2. The monoisotopic (exact) mass is 434 g/mol. The van der Waals surface area contributed by atoms with Gasteiger partial charge < -0.3 is 14.4 Å². The Morgan fingerprint density at radius 1 is 1.10 bits per heavy atom. The van der Waals surface area contributed by atoms with Crippen LogP contribution in [0.2, 0.25) is 5.02 Å². The van der Waals surface area contributed by atoms with E-state index >= 15 is 0 Å². The van der Waals surface area contributed by atoms with Crippen molar-refractivity contribution in [2.24, 2.45) is 0 Å². The second-order valence-corrected chi connectivity index (χ2v) is 7.65. The van der Waals surface area contributed by atoms with Crippen LogP contribution in [0.1, 0.15) is 10.7 Å². The molecule has 1 aromatic heterocycles. The van der Waals surface area contributed by atoms with Crippen LogP contribution >= 0.6 is 22.9 Å². The predicted octanol–water partition coefficient (Wildman–Crippen LogP) is 4.59. The lowest BCUT2D eigenvalue weighted by Crippen LogP contribution is -2.32. The Bertz CT molecular complexity index is 932. The maximum atomic E-state index is 12.9. The summed E-state index contributed by atoms with van der Waals surface area (Å²) in [6.07, 6.45) is 0.213. The smallest absolute Gasteiger partial charge is 0.228 e. The lowest BCUT2D eigenvalue weighted by atomic mass is 10.3. The molecule has 1 heterocycles. The Kier molecular flexibility index (Phi) is 7.43. The third-order valence-corrected chi connectivity index (χ3v) is 5.17. The highest BCUT2D eigenvalue weighted by atomic mass is 35.5. The Labute approximate surface area is 177 Å². The second-order valence-electron chi connectivity index (χ2n) is 6.27. The molecule has 3 aromatic rings. The minimum absolute atomic E-state index is 0.0407. The first kappa shape index (κ1) is 21.1. The number of amides is 1. The average molecular weight is 435 g/mol. The lowest BCUT2D eigenvalue weighted by molar-refractivity contribution is -0.129. The van der Waals surface area contributed by atoms with Crippen LogP contribution in [-0.4, -0.2) is 36.0 Å². The highest BCUT2D eigenvalue weighted by molar-refractivity contribution is 7.09. The molecule has 0 radical (unpaired) electrons. The van der Waals surface area contributed by atoms with E-state index in [1.54, 1.807) is 48.3 Å². The van der Waals surface area contributed by atoms with E-state index in [0.29, 0.717) is 35.4 Å². The Morgan fingerprint density at radius 3 is 2.48 bits per heavy atom. The summed E-state index contributed by atoms with van der Waals surface area (Å²) in [4.78, 5) is 18.4. The van der Waals surface area contributed by atoms with Crippen LogP contribution in [0, 0.1) is 5.82 Å². The number of aromatic nitrogens is 1. The van der Waals surface area contributed by atoms with E-state index in [1.165, 1.54) is 23.5 Å². The van der Waals surface area contributed by atoms with E-state index < -0.39 is 0 Å². The topological polar surface area (TPSA) is 51.7 Å². The average Bonchev–Trinajstić information content (AvgIpc) is 3.16. The van der Waals surface area contributed by atoms with Gasteiger partial charge >= 0.3 is 0 Å². The molecular weight excluding hydrogens is 415 g/mol. The number of nitrogens with zero attached hydrogens (tertiary/aromatic N) is 2. The van der Waals surface area contributed by atoms with E-state index in [2.05, 4.69) is 4.98 Å². The first-order valence-corrected chi connectivity index (χ1v) is 10.2. The Hall–Kier alpha value is -2.64. The molecule has 0 bridgehead atoms. The Morgan fingerprint density at radius 2 is 1.76 bits per heavy atom. The van der Waals surface area contributed by atoms with Crippen LogP contribution < -0.4 is 9.47 Å². The fourth-order valence-electron chi connectivity index (χ4n) is 2.42.